The van der Waals surface area contributed by atoms with Gasteiger partial charge in [-0.05, 0) is 18.6 Å². The molecule has 3 nitrogen and oxygen atoms in total. The molecule has 0 heterocycles. The first-order chi connectivity index (χ1) is 11.5. The molecule has 130 valence electrons. The molecule has 0 saturated carbocycles. The predicted octanol–water partition coefficient (Wildman–Crippen LogP) is 5.57. The third-order valence-electron chi connectivity index (χ3n) is 4.66. The molecule has 0 aliphatic carbocycles. The zero-order valence-electron chi connectivity index (χ0n) is 15.0. The summed E-state index contributed by atoms with van der Waals surface area (Å²) < 4.78 is 24.8. The van der Waals surface area contributed by atoms with Gasteiger partial charge < -0.3 is 14.0 Å². The van der Waals surface area contributed by atoms with Crippen LogP contribution in [0.5, 0.6) is 11.5 Å². The van der Waals surface area contributed by atoms with Gasteiger partial charge in [0.15, 0.2) is 0 Å². The van der Waals surface area contributed by atoms with E-state index in [1.165, 1.54) is 0 Å². The number of hydrogen-bond donors (Lipinski definition) is 0. The van der Waals surface area contributed by atoms with Crippen LogP contribution in [0.25, 0.3) is 0 Å². The smallest absolute Gasteiger partial charge is 0.122 e. The highest BCUT2D eigenvalue weighted by molar-refractivity contribution is 7.63. The minimum atomic E-state index is -2.49. The average molecular weight is 346 g/mol. The highest BCUT2D eigenvalue weighted by Gasteiger charge is 2.31. The van der Waals surface area contributed by atoms with Crippen molar-refractivity contribution in [2.75, 3.05) is 14.2 Å². The molecule has 4 heteroatoms. The summed E-state index contributed by atoms with van der Waals surface area (Å²) in [6.45, 7) is 4.19. The Kier molecular flexibility index (Phi) is 6.51. The van der Waals surface area contributed by atoms with Gasteiger partial charge in [0.2, 0.25) is 0 Å². The first kappa shape index (κ1) is 18.6. The second-order valence-electron chi connectivity index (χ2n) is 6.15. The lowest BCUT2D eigenvalue weighted by Crippen LogP contribution is -2.08. The minimum absolute atomic E-state index is 0.146. The molecule has 24 heavy (non-hydrogen) atoms. The third-order valence-corrected chi connectivity index (χ3v) is 8.38. The molecular weight excluding hydrogens is 319 g/mol. The molecule has 2 aromatic carbocycles. The van der Waals surface area contributed by atoms with E-state index in [2.05, 4.69) is 13.8 Å². The van der Waals surface area contributed by atoms with Crippen molar-refractivity contribution in [2.24, 2.45) is 0 Å². The van der Waals surface area contributed by atoms with E-state index >= 15 is 0 Å². The summed E-state index contributed by atoms with van der Waals surface area (Å²) >= 11 is 0. The van der Waals surface area contributed by atoms with Crippen LogP contribution in [0.3, 0.4) is 0 Å². The SMILES string of the molecule is CCC(C)P(=O)(Cc1ccccc1OC)Cc1ccccc1OC. The lowest BCUT2D eigenvalue weighted by atomic mass is 10.2. The van der Waals surface area contributed by atoms with Gasteiger partial charge >= 0.3 is 0 Å². The van der Waals surface area contributed by atoms with E-state index in [4.69, 9.17) is 9.47 Å². The number of ether oxygens (including phenoxy) is 2. The Morgan fingerprint density at radius 1 is 0.875 bits per heavy atom. The Morgan fingerprint density at radius 3 is 1.67 bits per heavy atom. The van der Waals surface area contributed by atoms with Crippen molar-refractivity contribution in [1.82, 2.24) is 0 Å². The molecule has 0 fully saturated rings. The second kappa shape index (κ2) is 8.39. The summed E-state index contributed by atoms with van der Waals surface area (Å²) in [5, 5.41) is 0. The molecule has 2 aromatic rings. The first-order valence-electron chi connectivity index (χ1n) is 8.35. The molecule has 0 spiro atoms. The van der Waals surface area contributed by atoms with E-state index in [0.717, 1.165) is 29.0 Å². The van der Waals surface area contributed by atoms with E-state index in [9.17, 15) is 4.57 Å². The lowest BCUT2D eigenvalue weighted by Gasteiger charge is -2.26. The van der Waals surface area contributed by atoms with Crippen molar-refractivity contribution in [1.29, 1.82) is 0 Å². The standard InChI is InChI=1S/C20H27O3P/c1-5-16(2)24(21,14-17-10-6-8-12-19(17)22-3)15-18-11-7-9-13-20(18)23-4/h6-13,16H,5,14-15H2,1-4H3. The van der Waals surface area contributed by atoms with Crippen molar-refractivity contribution in [2.45, 2.75) is 38.3 Å². The van der Waals surface area contributed by atoms with Gasteiger partial charge in [0.25, 0.3) is 0 Å². The van der Waals surface area contributed by atoms with Crippen LogP contribution in [-0.4, -0.2) is 19.9 Å². The maximum atomic E-state index is 13.9. The van der Waals surface area contributed by atoms with E-state index in [-0.39, 0.29) is 5.66 Å². The maximum Gasteiger partial charge on any atom is 0.122 e. The van der Waals surface area contributed by atoms with Gasteiger partial charge in [-0.25, -0.2) is 0 Å². The molecule has 0 amide bonds. The van der Waals surface area contributed by atoms with Gasteiger partial charge in [-0.3, -0.25) is 0 Å². The molecule has 0 aliphatic rings. The molecule has 2 rings (SSSR count). The summed E-state index contributed by atoms with van der Waals surface area (Å²) in [6.07, 6.45) is 1.98. The van der Waals surface area contributed by atoms with Crippen LogP contribution in [0.15, 0.2) is 48.5 Å². The van der Waals surface area contributed by atoms with E-state index in [1.54, 1.807) is 14.2 Å². The normalized spacial score (nSPS) is 12.7. The van der Waals surface area contributed by atoms with Crippen LogP contribution < -0.4 is 9.47 Å². The second-order valence-corrected chi connectivity index (χ2v) is 9.57. The van der Waals surface area contributed by atoms with E-state index < -0.39 is 7.14 Å². The molecule has 1 unspecified atom stereocenters. The maximum absolute atomic E-state index is 13.9. The fraction of sp³-hybridized carbons (Fsp3) is 0.400. The van der Waals surface area contributed by atoms with Crippen molar-refractivity contribution in [3.8, 4) is 11.5 Å². The van der Waals surface area contributed by atoms with Gasteiger partial charge in [0.1, 0.15) is 11.5 Å². The molecule has 0 N–H and O–H groups in total. The van der Waals surface area contributed by atoms with Crippen LogP contribution in [-0.2, 0) is 16.9 Å². The van der Waals surface area contributed by atoms with E-state index in [1.807, 2.05) is 48.5 Å². The van der Waals surface area contributed by atoms with Gasteiger partial charge in [0.05, 0.1) is 21.4 Å². The van der Waals surface area contributed by atoms with Gasteiger partial charge in [-0.1, -0.05) is 50.2 Å². The Hall–Kier alpha value is -1.73. The number of benzene rings is 2. The lowest BCUT2D eigenvalue weighted by molar-refractivity contribution is 0.410. The topological polar surface area (TPSA) is 35.5 Å². The number of hydrogen-bond acceptors (Lipinski definition) is 3. The Balaban J connectivity index is 2.38. The predicted molar refractivity (Wildman–Crippen MR) is 101 cm³/mol. The highest BCUT2D eigenvalue weighted by atomic mass is 31.2. The fourth-order valence-electron chi connectivity index (χ4n) is 2.94. The summed E-state index contributed by atoms with van der Waals surface area (Å²) in [5.41, 5.74) is 2.17. The Bertz CT molecular complexity index is 658. The molecular formula is C20H27O3P. The molecule has 0 bridgehead atoms. The van der Waals surface area contributed by atoms with Crippen LogP contribution >= 0.6 is 7.14 Å². The van der Waals surface area contributed by atoms with Crippen molar-refractivity contribution in [3.05, 3.63) is 59.7 Å². The molecule has 0 radical (unpaired) electrons. The molecule has 0 aromatic heterocycles. The minimum Gasteiger partial charge on any atom is -0.496 e. The number of para-hydroxylation sites is 2. The Morgan fingerprint density at radius 2 is 1.29 bits per heavy atom. The average Bonchev–Trinajstić information content (AvgIpc) is 2.61. The van der Waals surface area contributed by atoms with Crippen LogP contribution in [0, 0.1) is 0 Å². The first-order valence-corrected chi connectivity index (χ1v) is 10.5. The van der Waals surface area contributed by atoms with Crippen molar-refractivity contribution in [3.63, 3.8) is 0 Å². The van der Waals surface area contributed by atoms with E-state index in [0.29, 0.717) is 12.3 Å². The summed E-state index contributed by atoms with van der Waals surface area (Å²) in [6, 6.07) is 15.7. The van der Waals surface area contributed by atoms with Crippen LogP contribution in [0.1, 0.15) is 31.4 Å². The molecule has 1 atom stereocenters. The van der Waals surface area contributed by atoms with Gasteiger partial charge in [-0.2, -0.15) is 0 Å². The van der Waals surface area contributed by atoms with Crippen LogP contribution in [0.4, 0.5) is 0 Å². The zero-order chi connectivity index (χ0) is 17.6. The molecule has 0 aliphatic heterocycles. The van der Waals surface area contributed by atoms with Crippen LogP contribution in [0.2, 0.25) is 0 Å². The van der Waals surface area contributed by atoms with Gasteiger partial charge in [-0.15, -0.1) is 0 Å². The third kappa shape index (κ3) is 4.21. The summed E-state index contributed by atoms with van der Waals surface area (Å²) in [4.78, 5) is 0. The van der Waals surface area contributed by atoms with Crippen molar-refractivity contribution < 1.29 is 14.0 Å². The Labute approximate surface area is 145 Å². The monoisotopic (exact) mass is 346 g/mol. The summed E-state index contributed by atoms with van der Waals surface area (Å²) in [7, 11) is 0.825. The quantitative estimate of drug-likeness (QED) is 0.587. The van der Waals surface area contributed by atoms with Crippen molar-refractivity contribution >= 4 is 7.14 Å². The number of rotatable bonds is 8. The fourth-order valence-corrected chi connectivity index (χ4v) is 6.02. The molecule has 0 saturated heterocycles. The van der Waals surface area contributed by atoms with Gasteiger partial charge in [0, 0.05) is 29.1 Å². The highest BCUT2D eigenvalue weighted by Crippen LogP contribution is 2.59. The summed E-state index contributed by atoms with van der Waals surface area (Å²) in [5.74, 6) is 1.61. The largest absolute Gasteiger partial charge is 0.496 e. The number of methoxy groups -OCH3 is 2. The zero-order valence-corrected chi connectivity index (χ0v) is 15.9.